The maximum absolute atomic E-state index is 2.72. The van der Waals surface area contributed by atoms with Gasteiger partial charge in [0.15, 0.2) is 0 Å². The Morgan fingerprint density at radius 2 is 0.958 bits per heavy atom. The molecule has 3 aromatic rings. The summed E-state index contributed by atoms with van der Waals surface area (Å²) in [6.07, 6.45) is 4.06. The van der Waals surface area contributed by atoms with E-state index in [1.54, 1.807) is 0 Å². The van der Waals surface area contributed by atoms with Gasteiger partial charge in [-0.2, -0.15) is 0 Å². The molecule has 0 aromatic heterocycles. The van der Waals surface area contributed by atoms with Gasteiger partial charge in [0.2, 0.25) is 0 Å². The van der Waals surface area contributed by atoms with Crippen molar-refractivity contribution in [3.63, 3.8) is 0 Å². The van der Waals surface area contributed by atoms with Gasteiger partial charge in [-0.05, 0) is 41.6 Å². The standard InChI is InChI=1S/C23H23P/c1-4-13-21(14-5-1)24(19-20-11-10-12-20,22-15-6-2-7-16-22)23-17-8-3-9-18-23/h1-9,13-20H,10-12H2. The van der Waals surface area contributed by atoms with Crippen LogP contribution in [0.2, 0.25) is 0 Å². The molecule has 1 heteroatoms. The predicted octanol–water partition coefficient (Wildman–Crippen LogP) is 4.58. The molecule has 0 aliphatic heterocycles. The van der Waals surface area contributed by atoms with E-state index in [9.17, 15) is 0 Å². The van der Waals surface area contributed by atoms with Crippen LogP contribution in [0.5, 0.6) is 0 Å². The minimum absolute atomic E-state index is 0.749. The van der Waals surface area contributed by atoms with Crippen molar-refractivity contribution in [2.45, 2.75) is 19.3 Å². The molecule has 0 atom stereocenters. The highest BCUT2D eigenvalue weighted by Gasteiger charge is 2.28. The van der Waals surface area contributed by atoms with Crippen LogP contribution in [0.15, 0.2) is 91.0 Å². The molecule has 1 aliphatic carbocycles. The van der Waals surface area contributed by atoms with Crippen molar-refractivity contribution in [3.8, 4) is 0 Å². The second-order valence-corrected chi connectivity index (χ2v) is 9.86. The lowest BCUT2D eigenvalue weighted by atomic mass is 9.87. The third kappa shape index (κ3) is 2.76. The zero-order chi connectivity index (χ0) is 16.2. The minimum Gasteiger partial charge on any atom is -0.0711 e. The highest BCUT2D eigenvalue weighted by molar-refractivity contribution is 7.94. The van der Waals surface area contributed by atoms with Crippen LogP contribution in [-0.4, -0.2) is 5.80 Å². The van der Waals surface area contributed by atoms with Crippen LogP contribution in [0.1, 0.15) is 19.3 Å². The van der Waals surface area contributed by atoms with Crippen LogP contribution >= 0.6 is 6.89 Å². The van der Waals surface area contributed by atoms with Crippen LogP contribution in [0.3, 0.4) is 0 Å². The Bertz CT molecular complexity index is 728. The van der Waals surface area contributed by atoms with Gasteiger partial charge in [0.25, 0.3) is 0 Å². The third-order valence-corrected chi connectivity index (χ3v) is 9.28. The molecule has 120 valence electrons. The summed E-state index contributed by atoms with van der Waals surface area (Å²) in [7, 11) is 0. The summed E-state index contributed by atoms with van der Waals surface area (Å²) in [6.45, 7) is -1.70. The first kappa shape index (κ1) is 15.5. The molecule has 0 saturated heterocycles. The summed E-state index contributed by atoms with van der Waals surface area (Å²) >= 11 is 0. The van der Waals surface area contributed by atoms with E-state index in [-0.39, 0.29) is 0 Å². The Labute approximate surface area is 145 Å². The molecule has 0 nitrogen and oxygen atoms in total. The van der Waals surface area contributed by atoms with Crippen molar-refractivity contribution in [1.82, 2.24) is 0 Å². The van der Waals surface area contributed by atoms with E-state index >= 15 is 0 Å². The average Bonchev–Trinajstić information content (AvgIpc) is 2.64. The van der Waals surface area contributed by atoms with Crippen molar-refractivity contribution in [1.29, 1.82) is 0 Å². The Hall–Kier alpha value is -2.04. The van der Waals surface area contributed by atoms with Gasteiger partial charge < -0.3 is 0 Å². The molecule has 1 aliphatic rings. The summed E-state index contributed by atoms with van der Waals surface area (Å²) in [5.74, 6) is 3.47. The molecule has 0 N–H and O–H groups in total. The SMILES string of the molecule is C(C1CCC1)=P(c1ccccc1)(c1ccccc1)c1ccccc1. The maximum atomic E-state index is 2.72. The molecule has 3 aromatic carbocycles. The quantitative estimate of drug-likeness (QED) is 0.614. The van der Waals surface area contributed by atoms with Crippen LogP contribution in [0.25, 0.3) is 0 Å². The van der Waals surface area contributed by atoms with Gasteiger partial charge in [-0.3, -0.25) is 0 Å². The monoisotopic (exact) mass is 330 g/mol. The number of rotatable bonds is 4. The third-order valence-electron chi connectivity index (χ3n) is 5.07. The molecule has 0 amide bonds. The summed E-state index contributed by atoms with van der Waals surface area (Å²) < 4.78 is 0. The Kier molecular flexibility index (Phi) is 4.41. The molecule has 4 rings (SSSR count). The van der Waals surface area contributed by atoms with E-state index in [0.717, 1.165) is 5.92 Å². The largest absolute Gasteiger partial charge is 0.0711 e. The van der Waals surface area contributed by atoms with Gasteiger partial charge in [-0.25, -0.2) is 0 Å². The van der Waals surface area contributed by atoms with Gasteiger partial charge in [-0.1, -0.05) is 103 Å². The topological polar surface area (TPSA) is 0 Å². The summed E-state index contributed by atoms with van der Waals surface area (Å²) in [5, 5.41) is 4.40. The van der Waals surface area contributed by atoms with Crippen molar-refractivity contribution >= 4 is 28.6 Å². The van der Waals surface area contributed by atoms with Crippen molar-refractivity contribution in [2.24, 2.45) is 5.92 Å². The molecule has 24 heavy (non-hydrogen) atoms. The lowest BCUT2D eigenvalue weighted by molar-refractivity contribution is 0.424. The molecule has 0 radical (unpaired) electrons. The first-order chi connectivity index (χ1) is 11.9. The van der Waals surface area contributed by atoms with E-state index in [2.05, 4.69) is 96.8 Å². The fourth-order valence-electron chi connectivity index (χ4n) is 3.60. The van der Waals surface area contributed by atoms with Gasteiger partial charge in [0.1, 0.15) is 0 Å². The first-order valence-corrected chi connectivity index (χ1v) is 10.7. The van der Waals surface area contributed by atoms with Crippen LogP contribution in [0.4, 0.5) is 0 Å². The van der Waals surface area contributed by atoms with Crippen LogP contribution in [0, 0.1) is 5.92 Å². The molecule has 0 heterocycles. The second kappa shape index (κ2) is 6.83. The summed E-state index contributed by atoms with van der Waals surface area (Å²) in [4.78, 5) is 0. The van der Waals surface area contributed by atoms with Crippen LogP contribution in [-0.2, 0) is 0 Å². The van der Waals surface area contributed by atoms with E-state index in [4.69, 9.17) is 0 Å². The fourth-order valence-corrected chi connectivity index (χ4v) is 7.87. The zero-order valence-electron chi connectivity index (χ0n) is 13.9. The number of hydrogen-bond donors (Lipinski definition) is 0. The highest BCUT2D eigenvalue weighted by atomic mass is 31.2. The maximum Gasteiger partial charge on any atom is -0.0163 e. The average molecular weight is 330 g/mol. The van der Waals surface area contributed by atoms with Gasteiger partial charge in [0, 0.05) is 0 Å². The fraction of sp³-hybridized carbons (Fsp3) is 0.174. The summed E-state index contributed by atoms with van der Waals surface area (Å²) in [5.41, 5.74) is 0. The Morgan fingerprint density at radius 3 is 1.25 bits per heavy atom. The Morgan fingerprint density at radius 1 is 0.583 bits per heavy atom. The van der Waals surface area contributed by atoms with Crippen molar-refractivity contribution < 1.29 is 0 Å². The zero-order valence-corrected chi connectivity index (χ0v) is 14.8. The lowest BCUT2D eigenvalue weighted by Crippen LogP contribution is -2.29. The smallest absolute Gasteiger partial charge is 0.0163 e. The lowest BCUT2D eigenvalue weighted by Gasteiger charge is -2.33. The second-order valence-electron chi connectivity index (χ2n) is 6.57. The van der Waals surface area contributed by atoms with Gasteiger partial charge in [-0.15, -0.1) is 0 Å². The molecule has 1 fully saturated rings. The molecule has 0 unspecified atom stereocenters. The number of benzene rings is 3. The van der Waals surface area contributed by atoms with E-state index in [1.807, 2.05) is 0 Å². The van der Waals surface area contributed by atoms with Crippen molar-refractivity contribution in [3.05, 3.63) is 91.0 Å². The predicted molar refractivity (Wildman–Crippen MR) is 109 cm³/mol. The van der Waals surface area contributed by atoms with Gasteiger partial charge in [0.05, 0.1) is 0 Å². The summed E-state index contributed by atoms with van der Waals surface area (Å²) in [6, 6.07) is 33.4. The molecule has 0 bridgehead atoms. The van der Waals surface area contributed by atoms with Gasteiger partial charge >= 0.3 is 0 Å². The molecule has 1 saturated carbocycles. The van der Waals surface area contributed by atoms with E-state index in [0.29, 0.717) is 0 Å². The highest BCUT2D eigenvalue weighted by Crippen LogP contribution is 2.46. The normalized spacial score (nSPS) is 14.8. The van der Waals surface area contributed by atoms with E-state index in [1.165, 1.54) is 35.2 Å². The van der Waals surface area contributed by atoms with E-state index < -0.39 is 6.89 Å². The minimum atomic E-state index is -1.70. The molecular formula is C23H23P. The number of hydrogen-bond acceptors (Lipinski definition) is 0. The molecular weight excluding hydrogens is 307 g/mol. The van der Waals surface area contributed by atoms with Crippen LogP contribution < -0.4 is 15.9 Å². The molecule has 0 spiro atoms. The van der Waals surface area contributed by atoms with Crippen molar-refractivity contribution in [2.75, 3.05) is 0 Å². The first-order valence-electron chi connectivity index (χ1n) is 8.81. The Balaban J connectivity index is 2.05.